The predicted octanol–water partition coefficient (Wildman–Crippen LogP) is 3.30. The van der Waals surface area contributed by atoms with Crippen molar-refractivity contribution in [1.82, 2.24) is 15.3 Å². The molecular weight excluding hydrogens is 298 g/mol. The van der Waals surface area contributed by atoms with E-state index in [1.54, 1.807) is 11.3 Å². The molecule has 0 aromatic carbocycles. The summed E-state index contributed by atoms with van der Waals surface area (Å²) in [7, 11) is 1.93. The van der Waals surface area contributed by atoms with E-state index in [0.29, 0.717) is 0 Å². The van der Waals surface area contributed by atoms with Crippen LogP contribution in [0.4, 0.5) is 0 Å². The fourth-order valence-corrected chi connectivity index (χ4v) is 3.07. The Morgan fingerprint density at radius 1 is 1.29 bits per heavy atom. The van der Waals surface area contributed by atoms with Crippen LogP contribution in [0.15, 0.2) is 15.9 Å². The summed E-state index contributed by atoms with van der Waals surface area (Å²) >= 11 is 5.10. The highest BCUT2D eigenvalue weighted by Crippen LogP contribution is 2.28. The second-order valence-corrected chi connectivity index (χ2v) is 5.68. The van der Waals surface area contributed by atoms with Crippen molar-refractivity contribution in [1.29, 1.82) is 0 Å². The van der Waals surface area contributed by atoms with E-state index >= 15 is 0 Å². The molecule has 0 amide bonds. The average Bonchev–Trinajstić information content (AvgIpc) is 2.70. The minimum absolute atomic E-state index is 0.812. The Morgan fingerprint density at radius 2 is 1.94 bits per heavy atom. The van der Waals surface area contributed by atoms with Gasteiger partial charge in [-0.1, -0.05) is 0 Å². The molecule has 0 radical (unpaired) electrons. The Labute approximate surface area is 113 Å². The van der Waals surface area contributed by atoms with Crippen molar-refractivity contribution >= 4 is 27.3 Å². The van der Waals surface area contributed by atoms with Gasteiger partial charge >= 0.3 is 0 Å². The second-order valence-electron chi connectivity index (χ2n) is 3.86. The first kappa shape index (κ1) is 12.7. The topological polar surface area (TPSA) is 37.8 Å². The van der Waals surface area contributed by atoms with Gasteiger partial charge in [-0.15, -0.1) is 11.3 Å². The van der Waals surface area contributed by atoms with Crippen LogP contribution in [0, 0.1) is 13.8 Å². The number of halogens is 1. The molecule has 0 spiro atoms. The number of hydrogen-bond acceptors (Lipinski definition) is 4. The maximum absolute atomic E-state index is 4.57. The third-order valence-electron chi connectivity index (χ3n) is 2.56. The van der Waals surface area contributed by atoms with Crippen molar-refractivity contribution in [3.05, 3.63) is 32.9 Å². The highest BCUT2D eigenvalue weighted by Gasteiger charge is 2.10. The Bertz CT molecular complexity index is 513. The molecule has 0 aliphatic heterocycles. The van der Waals surface area contributed by atoms with E-state index in [-0.39, 0.29) is 0 Å². The van der Waals surface area contributed by atoms with Gasteiger partial charge in [-0.25, -0.2) is 9.97 Å². The molecule has 17 heavy (non-hydrogen) atoms. The van der Waals surface area contributed by atoms with Gasteiger partial charge in [0, 0.05) is 33.3 Å². The lowest BCUT2D eigenvalue weighted by Crippen LogP contribution is -2.11. The van der Waals surface area contributed by atoms with Crippen LogP contribution in [-0.2, 0) is 6.54 Å². The third kappa shape index (κ3) is 2.73. The molecule has 5 heteroatoms. The largest absolute Gasteiger partial charge is 0.316 e. The zero-order valence-corrected chi connectivity index (χ0v) is 12.4. The molecule has 90 valence electrons. The number of nitrogens with zero attached hydrogens (tertiary/aromatic N) is 2. The van der Waals surface area contributed by atoms with Crippen LogP contribution in [0.1, 0.15) is 17.0 Å². The van der Waals surface area contributed by atoms with E-state index in [4.69, 9.17) is 0 Å². The van der Waals surface area contributed by atoms with Crippen LogP contribution < -0.4 is 5.32 Å². The quantitative estimate of drug-likeness (QED) is 0.945. The van der Waals surface area contributed by atoms with E-state index in [0.717, 1.165) is 33.1 Å². The van der Waals surface area contributed by atoms with E-state index < -0.39 is 0 Å². The Kier molecular flexibility index (Phi) is 3.91. The van der Waals surface area contributed by atoms with Gasteiger partial charge in [0.2, 0.25) is 0 Å². The highest BCUT2D eigenvalue weighted by molar-refractivity contribution is 9.10. The molecule has 0 aliphatic carbocycles. The van der Waals surface area contributed by atoms with Crippen LogP contribution >= 0.6 is 27.3 Å². The van der Waals surface area contributed by atoms with E-state index in [2.05, 4.69) is 37.3 Å². The van der Waals surface area contributed by atoms with Crippen LogP contribution in [-0.4, -0.2) is 17.0 Å². The van der Waals surface area contributed by atoms with Crippen molar-refractivity contribution in [2.24, 2.45) is 0 Å². The maximum atomic E-state index is 4.57. The first-order valence-corrected chi connectivity index (χ1v) is 7.02. The van der Waals surface area contributed by atoms with Crippen molar-refractivity contribution in [2.45, 2.75) is 20.4 Å². The standard InChI is InChI=1S/C12H14BrN3S/c1-7-10(5-14-3)8(2)16-12(15-7)11-4-9(13)6-17-11/h4,6,14H,5H2,1-3H3. The molecule has 0 unspecified atom stereocenters. The van der Waals surface area contributed by atoms with Crippen LogP contribution in [0.2, 0.25) is 0 Å². The first-order valence-electron chi connectivity index (χ1n) is 5.35. The normalized spacial score (nSPS) is 10.8. The molecule has 2 heterocycles. The summed E-state index contributed by atoms with van der Waals surface area (Å²) in [6.45, 7) is 4.88. The lowest BCUT2D eigenvalue weighted by atomic mass is 10.1. The summed E-state index contributed by atoms with van der Waals surface area (Å²) in [6, 6.07) is 2.05. The molecule has 0 saturated carbocycles. The SMILES string of the molecule is CNCc1c(C)nc(-c2cc(Br)cs2)nc1C. The summed E-state index contributed by atoms with van der Waals surface area (Å²) in [5, 5.41) is 5.19. The van der Waals surface area contributed by atoms with E-state index in [1.165, 1.54) is 5.56 Å². The number of hydrogen-bond donors (Lipinski definition) is 1. The zero-order chi connectivity index (χ0) is 12.4. The molecule has 2 rings (SSSR count). The summed E-state index contributed by atoms with van der Waals surface area (Å²) in [6.07, 6.45) is 0. The van der Waals surface area contributed by atoms with Gasteiger partial charge in [0.15, 0.2) is 5.82 Å². The monoisotopic (exact) mass is 311 g/mol. The molecule has 0 fully saturated rings. The molecule has 2 aromatic rings. The second kappa shape index (κ2) is 5.25. The van der Waals surface area contributed by atoms with Gasteiger partial charge in [-0.3, -0.25) is 0 Å². The fourth-order valence-electron chi connectivity index (χ4n) is 1.71. The van der Waals surface area contributed by atoms with Gasteiger partial charge in [0.1, 0.15) is 0 Å². The van der Waals surface area contributed by atoms with Gasteiger partial charge in [-0.2, -0.15) is 0 Å². The summed E-state index contributed by atoms with van der Waals surface area (Å²) in [5.41, 5.74) is 3.28. The zero-order valence-electron chi connectivity index (χ0n) is 10.0. The number of aromatic nitrogens is 2. The smallest absolute Gasteiger partial charge is 0.169 e. The van der Waals surface area contributed by atoms with Crippen LogP contribution in [0.25, 0.3) is 10.7 Å². The summed E-state index contributed by atoms with van der Waals surface area (Å²) in [5.74, 6) is 0.815. The van der Waals surface area contributed by atoms with E-state index in [1.807, 2.05) is 26.3 Å². The van der Waals surface area contributed by atoms with Crippen molar-refractivity contribution < 1.29 is 0 Å². The van der Waals surface area contributed by atoms with Crippen molar-refractivity contribution in [3.63, 3.8) is 0 Å². The lowest BCUT2D eigenvalue weighted by molar-refractivity contribution is 0.787. The van der Waals surface area contributed by atoms with Crippen molar-refractivity contribution in [3.8, 4) is 10.7 Å². The minimum atomic E-state index is 0.812. The maximum Gasteiger partial charge on any atom is 0.169 e. The number of aryl methyl sites for hydroxylation is 2. The molecule has 1 N–H and O–H groups in total. The van der Waals surface area contributed by atoms with E-state index in [9.17, 15) is 0 Å². The Balaban J connectivity index is 2.45. The molecule has 0 saturated heterocycles. The molecule has 0 bridgehead atoms. The summed E-state index contributed by atoms with van der Waals surface area (Å²) in [4.78, 5) is 10.2. The first-order chi connectivity index (χ1) is 8.11. The number of nitrogens with one attached hydrogen (secondary N) is 1. The molecule has 0 aliphatic rings. The summed E-state index contributed by atoms with van der Waals surface area (Å²) < 4.78 is 1.08. The Morgan fingerprint density at radius 3 is 2.41 bits per heavy atom. The molecule has 0 atom stereocenters. The fraction of sp³-hybridized carbons (Fsp3) is 0.333. The average molecular weight is 312 g/mol. The van der Waals surface area contributed by atoms with Crippen LogP contribution in [0.3, 0.4) is 0 Å². The van der Waals surface area contributed by atoms with Gasteiger partial charge in [0.05, 0.1) is 4.88 Å². The molecule has 3 nitrogen and oxygen atoms in total. The van der Waals surface area contributed by atoms with Crippen LogP contribution in [0.5, 0.6) is 0 Å². The van der Waals surface area contributed by atoms with Gasteiger partial charge in [-0.05, 0) is 42.9 Å². The number of rotatable bonds is 3. The van der Waals surface area contributed by atoms with Crippen molar-refractivity contribution in [2.75, 3.05) is 7.05 Å². The minimum Gasteiger partial charge on any atom is -0.316 e. The molecule has 2 aromatic heterocycles. The molecular formula is C12H14BrN3S. The van der Waals surface area contributed by atoms with Gasteiger partial charge in [0.25, 0.3) is 0 Å². The highest BCUT2D eigenvalue weighted by atomic mass is 79.9. The lowest BCUT2D eigenvalue weighted by Gasteiger charge is -2.09. The predicted molar refractivity (Wildman–Crippen MR) is 75.3 cm³/mol. The Hall–Kier alpha value is -0.780. The van der Waals surface area contributed by atoms with Gasteiger partial charge < -0.3 is 5.32 Å². The third-order valence-corrected chi connectivity index (χ3v) is 4.25. The number of thiophene rings is 1.